The van der Waals surface area contributed by atoms with Crippen LogP contribution in [0.3, 0.4) is 0 Å². The minimum absolute atomic E-state index is 0.0602. The summed E-state index contributed by atoms with van der Waals surface area (Å²) < 4.78 is 22.3. The van der Waals surface area contributed by atoms with Gasteiger partial charge in [0.15, 0.2) is 0 Å². The van der Waals surface area contributed by atoms with Crippen molar-refractivity contribution >= 4 is 7.60 Å². The van der Waals surface area contributed by atoms with Crippen molar-refractivity contribution in [1.29, 1.82) is 0 Å². The molecule has 1 aliphatic heterocycles. The first kappa shape index (κ1) is 10.7. The second-order valence-corrected chi connectivity index (χ2v) is 6.15. The topological polar surface area (TPSA) is 35.5 Å². The smallest absolute Gasteiger partial charge is 0.304 e. The molecule has 0 aromatic rings. The molecule has 0 aromatic carbocycles. The van der Waals surface area contributed by atoms with Gasteiger partial charge in [-0.05, 0) is 6.92 Å². The van der Waals surface area contributed by atoms with Gasteiger partial charge in [0, 0.05) is 5.41 Å². The highest BCUT2D eigenvalue weighted by molar-refractivity contribution is 7.58. The first-order chi connectivity index (χ1) is 5.90. The van der Waals surface area contributed by atoms with Gasteiger partial charge in [-0.3, -0.25) is 4.57 Å². The van der Waals surface area contributed by atoms with E-state index in [1.165, 1.54) is 0 Å². The van der Waals surface area contributed by atoms with E-state index in [1.54, 1.807) is 6.92 Å². The molecule has 0 amide bonds. The average molecular weight is 202 g/mol. The van der Waals surface area contributed by atoms with Gasteiger partial charge >= 0.3 is 7.60 Å². The van der Waals surface area contributed by atoms with Crippen LogP contribution in [-0.4, -0.2) is 13.2 Å². The van der Waals surface area contributed by atoms with Crippen LogP contribution in [0, 0.1) is 5.41 Å². The summed E-state index contributed by atoms with van der Waals surface area (Å²) in [6.45, 7) is 9.98. The van der Waals surface area contributed by atoms with Crippen LogP contribution >= 0.6 is 7.60 Å². The first-order valence-electron chi connectivity index (χ1n) is 4.16. The number of rotatable bonds is 1. The minimum atomic E-state index is -3.04. The van der Waals surface area contributed by atoms with Gasteiger partial charge in [-0.2, -0.15) is 0 Å². The summed E-state index contributed by atoms with van der Waals surface area (Å²) in [6.07, 6.45) is 0. The fourth-order valence-corrected chi connectivity index (χ4v) is 2.58. The lowest BCUT2D eigenvalue weighted by molar-refractivity contribution is 0.0446. The molecule has 0 spiro atoms. The summed E-state index contributed by atoms with van der Waals surface area (Å²) in [5, 5.41) is 0.461. The molecular weight excluding hydrogens is 187 g/mol. The van der Waals surface area contributed by atoms with Crippen LogP contribution in [0.15, 0.2) is 17.6 Å². The maximum atomic E-state index is 11.9. The molecule has 0 aromatic heterocycles. The van der Waals surface area contributed by atoms with Crippen molar-refractivity contribution in [3.63, 3.8) is 0 Å². The van der Waals surface area contributed by atoms with Crippen LogP contribution in [0.1, 0.15) is 20.8 Å². The van der Waals surface area contributed by atoms with Gasteiger partial charge in [0.2, 0.25) is 0 Å². The molecular formula is C9H15O3P. The maximum Gasteiger partial charge on any atom is 0.364 e. The van der Waals surface area contributed by atoms with E-state index in [2.05, 4.69) is 12.3 Å². The molecule has 0 atom stereocenters. The monoisotopic (exact) mass is 202 g/mol. The van der Waals surface area contributed by atoms with E-state index in [-0.39, 0.29) is 5.41 Å². The summed E-state index contributed by atoms with van der Waals surface area (Å²) in [5.41, 5.74) is 2.50. The van der Waals surface area contributed by atoms with Gasteiger partial charge in [-0.15, -0.1) is 5.73 Å². The summed E-state index contributed by atoms with van der Waals surface area (Å²) in [6, 6.07) is 0. The Morgan fingerprint density at radius 2 is 1.92 bits per heavy atom. The van der Waals surface area contributed by atoms with E-state index in [1.807, 2.05) is 13.8 Å². The van der Waals surface area contributed by atoms with Gasteiger partial charge in [0.1, 0.15) is 0 Å². The van der Waals surface area contributed by atoms with Gasteiger partial charge in [0.05, 0.1) is 18.5 Å². The molecule has 74 valence electrons. The van der Waals surface area contributed by atoms with E-state index < -0.39 is 7.60 Å². The Labute approximate surface area is 79.0 Å². The Hall–Kier alpha value is -0.330. The average Bonchev–Trinajstić information content (AvgIpc) is 2.09. The Bertz CT molecular complexity index is 286. The summed E-state index contributed by atoms with van der Waals surface area (Å²) in [7, 11) is -3.04. The van der Waals surface area contributed by atoms with Crippen molar-refractivity contribution in [3.05, 3.63) is 17.6 Å². The zero-order valence-corrected chi connectivity index (χ0v) is 9.19. The standard InChI is InChI=1S/C9H15O3P/c1-5-8(2)13(10)11-6-9(3,4)7-12-13/h1,6-7H2,2-4H3. The third kappa shape index (κ3) is 2.32. The second-order valence-electron chi connectivity index (χ2n) is 3.97. The lowest BCUT2D eigenvalue weighted by Crippen LogP contribution is -2.29. The van der Waals surface area contributed by atoms with Crippen LogP contribution in [0.25, 0.3) is 0 Å². The van der Waals surface area contributed by atoms with Crippen LogP contribution in [0.4, 0.5) is 0 Å². The zero-order chi connectivity index (χ0) is 10.1. The number of hydrogen-bond donors (Lipinski definition) is 0. The van der Waals surface area contributed by atoms with Crippen molar-refractivity contribution in [2.75, 3.05) is 13.2 Å². The lowest BCUT2D eigenvalue weighted by atomic mass is 9.97. The van der Waals surface area contributed by atoms with Gasteiger partial charge in [-0.1, -0.05) is 20.4 Å². The molecule has 1 rings (SSSR count). The molecule has 13 heavy (non-hydrogen) atoms. The maximum absolute atomic E-state index is 11.9. The molecule has 0 unspecified atom stereocenters. The van der Waals surface area contributed by atoms with Gasteiger partial charge in [0.25, 0.3) is 0 Å². The molecule has 4 heteroatoms. The largest absolute Gasteiger partial charge is 0.364 e. The van der Waals surface area contributed by atoms with Crippen molar-refractivity contribution in [3.8, 4) is 0 Å². The third-order valence-corrected chi connectivity index (χ3v) is 3.83. The summed E-state index contributed by atoms with van der Waals surface area (Å²) in [4.78, 5) is 0. The lowest BCUT2D eigenvalue weighted by Gasteiger charge is -2.33. The third-order valence-electron chi connectivity index (χ3n) is 1.92. The van der Waals surface area contributed by atoms with E-state index in [0.717, 1.165) is 0 Å². The normalized spacial score (nSPS) is 24.8. The molecule has 0 radical (unpaired) electrons. The van der Waals surface area contributed by atoms with E-state index in [0.29, 0.717) is 18.5 Å². The Morgan fingerprint density at radius 1 is 1.46 bits per heavy atom. The second kappa shape index (κ2) is 3.43. The molecule has 0 bridgehead atoms. The molecule has 3 nitrogen and oxygen atoms in total. The van der Waals surface area contributed by atoms with E-state index in [9.17, 15) is 4.57 Å². The van der Waals surface area contributed by atoms with Gasteiger partial charge in [-0.25, -0.2) is 0 Å². The Balaban J connectivity index is 2.79. The van der Waals surface area contributed by atoms with E-state index >= 15 is 0 Å². The van der Waals surface area contributed by atoms with Gasteiger partial charge < -0.3 is 9.05 Å². The Morgan fingerprint density at radius 3 is 2.31 bits per heavy atom. The predicted molar refractivity (Wildman–Crippen MR) is 51.6 cm³/mol. The van der Waals surface area contributed by atoms with Crippen LogP contribution in [0.5, 0.6) is 0 Å². The van der Waals surface area contributed by atoms with Crippen LogP contribution < -0.4 is 0 Å². The quantitative estimate of drug-likeness (QED) is 0.484. The number of hydrogen-bond acceptors (Lipinski definition) is 3. The van der Waals surface area contributed by atoms with Crippen molar-refractivity contribution in [1.82, 2.24) is 0 Å². The van der Waals surface area contributed by atoms with Crippen LogP contribution in [-0.2, 0) is 13.6 Å². The predicted octanol–water partition coefficient (Wildman–Crippen LogP) is 2.94. The molecule has 0 N–H and O–H groups in total. The number of allylic oxidation sites excluding steroid dienone is 1. The highest BCUT2D eigenvalue weighted by atomic mass is 31.2. The molecule has 1 aliphatic rings. The van der Waals surface area contributed by atoms with E-state index in [4.69, 9.17) is 9.05 Å². The fraction of sp³-hybridized carbons (Fsp3) is 0.667. The van der Waals surface area contributed by atoms with Crippen molar-refractivity contribution in [2.24, 2.45) is 5.41 Å². The Kier molecular flexibility index (Phi) is 2.84. The SMILES string of the molecule is C=C=C(C)P1(=O)OCC(C)(C)CO1. The highest BCUT2D eigenvalue weighted by Crippen LogP contribution is 2.59. The van der Waals surface area contributed by atoms with Crippen LogP contribution in [0.2, 0.25) is 0 Å². The molecule has 0 aliphatic carbocycles. The fourth-order valence-electron chi connectivity index (χ4n) is 0.889. The minimum Gasteiger partial charge on any atom is -0.304 e. The highest BCUT2D eigenvalue weighted by Gasteiger charge is 2.37. The van der Waals surface area contributed by atoms with Crippen molar-refractivity contribution in [2.45, 2.75) is 20.8 Å². The molecule has 1 fully saturated rings. The first-order valence-corrected chi connectivity index (χ1v) is 5.70. The summed E-state index contributed by atoms with van der Waals surface area (Å²) >= 11 is 0. The zero-order valence-electron chi connectivity index (χ0n) is 8.29. The molecule has 1 heterocycles. The molecule has 1 saturated heterocycles. The van der Waals surface area contributed by atoms with Crippen molar-refractivity contribution < 1.29 is 13.6 Å². The summed E-state index contributed by atoms with van der Waals surface area (Å²) in [5.74, 6) is 0. The molecule has 0 saturated carbocycles.